The van der Waals surface area contributed by atoms with Crippen LogP contribution in [0.15, 0.2) is 30.3 Å². The monoisotopic (exact) mass is 368 g/mol. The Balaban J connectivity index is 0.00000312. The number of nitrogens with zero attached hydrogens (tertiary/aromatic N) is 1. The maximum Gasteiger partial charge on any atom is 0.315 e. The molecule has 2 rings (SSSR count). The van der Waals surface area contributed by atoms with Gasteiger partial charge in [0.05, 0.1) is 0 Å². The van der Waals surface area contributed by atoms with Gasteiger partial charge in [0.2, 0.25) is 5.91 Å². The van der Waals surface area contributed by atoms with E-state index in [4.69, 9.17) is 0 Å². The Labute approximate surface area is 156 Å². The molecule has 0 spiro atoms. The smallest absolute Gasteiger partial charge is 0.315 e. The van der Waals surface area contributed by atoms with Crippen molar-refractivity contribution in [3.05, 3.63) is 35.9 Å². The summed E-state index contributed by atoms with van der Waals surface area (Å²) in [7, 11) is 3.65. The van der Waals surface area contributed by atoms with E-state index in [0.29, 0.717) is 25.9 Å². The summed E-state index contributed by atoms with van der Waals surface area (Å²) in [6, 6.07) is 9.46. The molecule has 0 aliphatic heterocycles. The highest BCUT2D eigenvalue weighted by atomic mass is 35.5. The molecule has 0 atom stereocenters. The van der Waals surface area contributed by atoms with Crippen LogP contribution in [0.2, 0.25) is 0 Å². The quantitative estimate of drug-likeness (QED) is 0.688. The summed E-state index contributed by atoms with van der Waals surface area (Å²) in [6.07, 6.45) is 3.33. The van der Waals surface area contributed by atoms with Crippen LogP contribution < -0.4 is 16.0 Å². The molecule has 140 valence electrons. The van der Waals surface area contributed by atoms with Crippen LogP contribution in [0.4, 0.5) is 4.79 Å². The van der Waals surface area contributed by atoms with Gasteiger partial charge in [-0.1, -0.05) is 43.2 Å². The molecule has 1 aromatic rings. The zero-order chi connectivity index (χ0) is 17.4. The summed E-state index contributed by atoms with van der Waals surface area (Å²) in [5.41, 5.74) is 0.272. The number of carbonyl (C=O) groups excluding carboxylic acids is 2. The number of urea groups is 1. The van der Waals surface area contributed by atoms with Gasteiger partial charge in [0, 0.05) is 26.7 Å². The molecule has 25 heavy (non-hydrogen) atoms. The lowest BCUT2D eigenvalue weighted by molar-refractivity contribution is -0.136. The van der Waals surface area contributed by atoms with Crippen molar-refractivity contribution in [3.8, 4) is 0 Å². The Kier molecular flexibility index (Phi) is 8.72. The van der Waals surface area contributed by atoms with Crippen molar-refractivity contribution in [1.82, 2.24) is 20.9 Å². The predicted molar refractivity (Wildman–Crippen MR) is 102 cm³/mol. The van der Waals surface area contributed by atoms with Crippen LogP contribution in [0.1, 0.15) is 31.2 Å². The van der Waals surface area contributed by atoms with E-state index in [2.05, 4.69) is 16.0 Å². The molecule has 1 aliphatic rings. The summed E-state index contributed by atoms with van der Waals surface area (Å²) in [4.78, 5) is 26.9. The summed E-state index contributed by atoms with van der Waals surface area (Å²) in [5.74, 6) is 0.00473. The highest BCUT2D eigenvalue weighted by Crippen LogP contribution is 2.31. The van der Waals surface area contributed by atoms with E-state index in [0.717, 1.165) is 24.9 Å². The molecule has 7 heteroatoms. The zero-order valence-electron chi connectivity index (χ0n) is 15.0. The van der Waals surface area contributed by atoms with Crippen LogP contribution in [0.3, 0.4) is 0 Å². The number of likely N-dealkylation sites (N-methyl/N-ethyl adjacent to an activating group) is 2. The third-order valence-electron chi connectivity index (χ3n) is 4.56. The number of benzene rings is 1. The summed E-state index contributed by atoms with van der Waals surface area (Å²) in [6.45, 7) is 1.81. The minimum Gasteiger partial charge on any atom is -0.342 e. The van der Waals surface area contributed by atoms with Gasteiger partial charge >= 0.3 is 6.03 Å². The van der Waals surface area contributed by atoms with Crippen LogP contribution in [0.5, 0.6) is 0 Å². The number of rotatable bonds is 7. The third kappa shape index (κ3) is 5.90. The minimum absolute atomic E-state index is 0. The molecule has 0 heterocycles. The lowest BCUT2D eigenvalue weighted by atomic mass is 9.95. The van der Waals surface area contributed by atoms with Crippen molar-refractivity contribution in [3.63, 3.8) is 0 Å². The van der Waals surface area contributed by atoms with E-state index in [-0.39, 0.29) is 24.3 Å². The lowest BCUT2D eigenvalue weighted by Gasteiger charge is -2.33. The number of nitrogens with one attached hydrogen (secondary N) is 3. The molecule has 0 radical (unpaired) electrons. The summed E-state index contributed by atoms with van der Waals surface area (Å²) < 4.78 is 0. The van der Waals surface area contributed by atoms with Gasteiger partial charge in [-0.3, -0.25) is 4.79 Å². The largest absolute Gasteiger partial charge is 0.342 e. The first kappa shape index (κ1) is 21.3. The van der Waals surface area contributed by atoms with Crippen LogP contribution in [0.25, 0.3) is 0 Å². The third-order valence-corrected chi connectivity index (χ3v) is 4.56. The van der Waals surface area contributed by atoms with Gasteiger partial charge in [-0.25, -0.2) is 4.79 Å². The van der Waals surface area contributed by atoms with Crippen LogP contribution in [-0.4, -0.2) is 49.6 Å². The minimum atomic E-state index is -0.761. The maximum atomic E-state index is 12.8. The van der Waals surface area contributed by atoms with Gasteiger partial charge in [-0.2, -0.15) is 0 Å². The molecule has 0 bridgehead atoms. The summed E-state index contributed by atoms with van der Waals surface area (Å²) in [5, 5.41) is 8.85. The van der Waals surface area contributed by atoms with Crippen molar-refractivity contribution in [2.75, 3.05) is 27.2 Å². The molecule has 3 N–H and O–H groups in total. The lowest BCUT2D eigenvalue weighted by Crippen LogP contribution is -2.59. The van der Waals surface area contributed by atoms with E-state index in [9.17, 15) is 9.59 Å². The standard InChI is InChI=1S/C18H28N4O2.ClH/c1-19-12-13-22(2)16(23)18(10-6-7-11-18)21-17(24)20-14-15-8-4-3-5-9-15;/h3-5,8-9,19H,6-7,10-14H2,1-2H3,(H2,20,21,24);1H. The highest BCUT2D eigenvalue weighted by Gasteiger charge is 2.43. The van der Waals surface area contributed by atoms with Gasteiger partial charge < -0.3 is 20.9 Å². The van der Waals surface area contributed by atoms with Crippen LogP contribution >= 0.6 is 12.4 Å². The Hall–Kier alpha value is -1.79. The first-order chi connectivity index (χ1) is 11.6. The molecular formula is C18H29ClN4O2. The molecule has 1 saturated carbocycles. The fraction of sp³-hybridized carbons (Fsp3) is 0.556. The zero-order valence-corrected chi connectivity index (χ0v) is 15.8. The van der Waals surface area contributed by atoms with E-state index in [1.54, 1.807) is 11.9 Å². The van der Waals surface area contributed by atoms with Gasteiger partial charge in [0.25, 0.3) is 0 Å². The van der Waals surface area contributed by atoms with Crippen molar-refractivity contribution in [2.24, 2.45) is 0 Å². The SMILES string of the molecule is CNCCN(C)C(=O)C1(NC(=O)NCc2ccccc2)CCCC1.Cl. The Bertz CT molecular complexity index is 547. The van der Waals surface area contributed by atoms with E-state index in [1.807, 2.05) is 37.4 Å². The first-order valence-corrected chi connectivity index (χ1v) is 8.57. The van der Waals surface area contributed by atoms with Gasteiger partial charge in [-0.05, 0) is 25.5 Å². The van der Waals surface area contributed by atoms with Crippen LogP contribution in [0, 0.1) is 0 Å². The second kappa shape index (κ2) is 10.3. The van der Waals surface area contributed by atoms with Crippen molar-refractivity contribution in [2.45, 2.75) is 37.8 Å². The second-order valence-electron chi connectivity index (χ2n) is 6.41. The molecule has 3 amide bonds. The number of hydrogen-bond acceptors (Lipinski definition) is 3. The Morgan fingerprint density at radius 3 is 2.40 bits per heavy atom. The molecular weight excluding hydrogens is 340 g/mol. The van der Waals surface area contributed by atoms with Gasteiger partial charge in [-0.15, -0.1) is 12.4 Å². The number of amides is 3. The van der Waals surface area contributed by atoms with E-state index < -0.39 is 5.54 Å². The Morgan fingerprint density at radius 2 is 1.80 bits per heavy atom. The molecule has 1 aliphatic carbocycles. The number of hydrogen-bond donors (Lipinski definition) is 3. The Morgan fingerprint density at radius 1 is 1.16 bits per heavy atom. The molecule has 6 nitrogen and oxygen atoms in total. The second-order valence-corrected chi connectivity index (χ2v) is 6.41. The predicted octanol–water partition coefficient (Wildman–Crippen LogP) is 1.90. The van der Waals surface area contributed by atoms with E-state index in [1.165, 1.54) is 0 Å². The highest BCUT2D eigenvalue weighted by molar-refractivity contribution is 5.91. The first-order valence-electron chi connectivity index (χ1n) is 8.57. The molecule has 0 aromatic heterocycles. The summed E-state index contributed by atoms with van der Waals surface area (Å²) >= 11 is 0. The normalized spacial score (nSPS) is 15.1. The fourth-order valence-electron chi connectivity index (χ4n) is 3.16. The van der Waals surface area contributed by atoms with Gasteiger partial charge in [0.15, 0.2) is 0 Å². The van der Waals surface area contributed by atoms with Crippen molar-refractivity contribution >= 4 is 24.3 Å². The average molecular weight is 369 g/mol. The van der Waals surface area contributed by atoms with Crippen LogP contribution in [-0.2, 0) is 11.3 Å². The number of carbonyl (C=O) groups is 2. The molecule has 0 saturated heterocycles. The molecule has 0 unspecified atom stereocenters. The molecule has 1 aromatic carbocycles. The molecule has 1 fully saturated rings. The average Bonchev–Trinajstić information content (AvgIpc) is 3.07. The van der Waals surface area contributed by atoms with Crippen molar-refractivity contribution in [1.29, 1.82) is 0 Å². The maximum absolute atomic E-state index is 12.8. The number of halogens is 1. The topological polar surface area (TPSA) is 73.5 Å². The van der Waals surface area contributed by atoms with Gasteiger partial charge in [0.1, 0.15) is 5.54 Å². The van der Waals surface area contributed by atoms with Crippen molar-refractivity contribution < 1.29 is 9.59 Å². The fourth-order valence-corrected chi connectivity index (χ4v) is 3.16. The van der Waals surface area contributed by atoms with E-state index >= 15 is 0 Å².